The number of ether oxygens (including phenoxy) is 6. The van der Waals surface area contributed by atoms with E-state index in [1.54, 1.807) is 55.5 Å². The largest absolute Gasteiger partial charge is 0.467 e. The summed E-state index contributed by atoms with van der Waals surface area (Å²) in [7, 11) is 5.37. The average Bonchev–Trinajstić information content (AvgIpc) is 3.95. The van der Waals surface area contributed by atoms with Gasteiger partial charge < -0.3 is 62.6 Å². The van der Waals surface area contributed by atoms with Crippen LogP contribution >= 0.6 is 0 Å². The van der Waals surface area contributed by atoms with Crippen LogP contribution in [0, 0.1) is 11.8 Å². The summed E-state index contributed by atoms with van der Waals surface area (Å²) >= 11 is 0. The van der Waals surface area contributed by atoms with Crippen LogP contribution in [0.1, 0.15) is 185 Å². The van der Waals surface area contributed by atoms with Gasteiger partial charge in [-0.3, -0.25) is 19.4 Å². The predicted octanol–water partition coefficient (Wildman–Crippen LogP) is 8.85. The van der Waals surface area contributed by atoms with Gasteiger partial charge in [-0.05, 0) is 178 Å². The Morgan fingerprint density at radius 1 is 0.593 bits per heavy atom. The van der Waals surface area contributed by atoms with Crippen LogP contribution in [0.3, 0.4) is 0 Å². The van der Waals surface area contributed by atoms with Crippen LogP contribution in [0.2, 0.25) is 12.6 Å². The van der Waals surface area contributed by atoms with E-state index in [0.29, 0.717) is 25.7 Å². The second kappa shape index (κ2) is 28.9. The van der Waals surface area contributed by atoms with Crippen LogP contribution < -0.4 is 10.6 Å². The lowest BCUT2D eigenvalue weighted by Gasteiger charge is -2.32. The normalized spacial score (nSPS) is 24.0. The predicted molar refractivity (Wildman–Crippen MR) is 311 cm³/mol. The van der Waals surface area contributed by atoms with Gasteiger partial charge in [0, 0.05) is 44.9 Å². The highest BCUT2D eigenvalue weighted by molar-refractivity contribution is 6.45. The summed E-state index contributed by atoms with van der Waals surface area (Å²) in [5, 5.41) is 5.83. The molecular formula is C57H107B2N5O17. The van der Waals surface area contributed by atoms with Gasteiger partial charge >= 0.3 is 50.4 Å². The summed E-state index contributed by atoms with van der Waals surface area (Å²) in [5.74, 6) is -2.19. The van der Waals surface area contributed by atoms with Crippen LogP contribution in [-0.2, 0) is 66.2 Å². The zero-order valence-electron chi connectivity index (χ0n) is 53.6. The van der Waals surface area contributed by atoms with Gasteiger partial charge in [-0.25, -0.2) is 24.0 Å². The van der Waals surface area contributed by atoms with E-state index in [1.165, 1.54) is 35.8 Å². The quantitative estimate of drug-likeness (QED) is 0.0936. The number of carbonyl (C=O) groups is 7. The van der Waals surface area contributed by atoms with Crippen molar-refractivity contribution in [1.82, 2.24) is 25.3 Å². The minimum absolute atomic E-state index is 0. The van der Waals surface area contributed by atoms with Crippen molar-refractivity contribution in [2.75, 3.05) is 41.4 Å². The third-order valence-corrected chi connectivity index (χ3v) is 14.7. The smallest absolute Gasteiger partial charge is 0.457 e. The molecule has 0 radical (unpaired) electrons. The van der Waals surface area contributed by atoms with Crippen molar-refractivity contribution >= 4 is 56.3 Å². The van der Waals surface area contributed by atoms with Crippen molar-refractivity contribution in [3.8, 4) is 0 Å². The van der Waals surface area contributed by atoms with Gasteiger partial charge in [0.15, 0.2) is 0 Å². The molecule has 0 spiro atoms. The summed E-state index contributed by atoms with van der Waals surface area (Å²) in [6.07, 6.45) is 2.00. The number of carbonyl (C=O) groups excluding carboxylic acids is 7. The topological polar surface area (TPSA) is 246 Å². The van der Waals surface area contributed by atoms with E-state index in [4.69, 9.17) is 47.0 Å². The van der Waals surface area contributed by atoms with Gasteiger partial charge in [-0.2, -0.15) is 0 Å². The summed E-state index contributed by atoms with van der Waals surface area (Å²) in [4.78, 5) is 92.2. The van der Waals surface area contributed by atoms with Gasteiger partial charge in [-0.15, -0.1) is 0 Å². The van der Waals surface area contributed by atoms with E-state index in [1.807, 2.05) is 104 Å². The number of rotatable bonds is 14. The first-order valence-electron chi connectivity index (χ1n) is 28.1. The van der Waals surface area contributed by atoms with Crippen molar-refractivity contribution in [1.29, 1.82) is 0 Å². The van der Waals surface area contributed by atoms with E-state index >= 15 is 0 Å². The van der Waals surface area contributed by atoms with E-state index in [0.717, 1.165) is 19.2 Å². The fourth-order valence-electron chi connectivity index (χ4n) is 9.74. The Bertz CT molecular complexity index is 2080. The van der Waals surface area contributed by atoms with E-state index in [-0.39, 0.29) is 55.8 Å². The Morgan fingerprint density at radius 3 is 1.26 bits per heavy atom. The first-order valence-corrected chi connectivity index (χ1v) is 28.1. The Labute approximate surface area is 487 Å². The second-order valence-electron chi connectivity index (χ2n) is 27.2. The van der Waals surface area contributed by atoms with Crippen LogP contribution in [0.5, 0.6) is 0 Å². The Kier molecular flexibility index (Phi) is 26.7. The molecule has 4 aliphatic rings. The Morgan fingerprint density at radius 2 is 0.938 bits per heavy atom. The van der Waals surface area contributed by atoms with Crippen molar-refractivity contribution in [2.45, 2.75) is 273 Å². The molecule has 4 amide bonds. The Hall–Kier alpha value is -4.38. The van der Waals surface area contributed by atoms with Crippen molar-refractivity contribution in [3.05, 3.63) is 0 Å². The van der Waals surface area contributed by atoms with Crippen LogP contribution in [-0.4, -0.2) is 187 Å². The molecule has 24 heteroatoms. The lowest BCUT2D eigenvalue weighted by molar-refractivity contribution is -0.152. The molecule has 0 bridgehead atoms. The van der Waals surface area contributed by atoms with Crippen LogP contribution in [0.4, 0.5) is 14.4 Å². The lowest BCUT2D eigenvalue weighted by Crippen LogP contribution is -2.52. The standard InChI is InChI=1S/C29H52BN3O9.C21H39BN2O6.C6H12O2.CH4/c1-18(31-24(36)39-26(2,3)4)22(34)32(12)20-17-33(25(37)40-27(5,6)7)21(23(35)38-13)19(20)15-14-16-30-41-28(8,9)29(10,11)42-30;1-19(2,3)28-18(26)24-13-15(23-8)14(16(24)17(25)27-9)11-10-12-22-29-20(4,5)21(6,7)30-22;1-5(7)8-6(2,3)4;/h18-21H,14-17H2,1-13H3,(H,31,36);14-16,23H,10-13H2,1-9H3;1-4H3;1H4/t18-,19+,20-,21-;14-,15+,16?;;/m01../s1. The van der Waals surface area contributed by atoms with Gasteiger partial charge in [0.2, 0.25) is 5.91 Å². The van der Waals surface area contributed by atoms with Gasteiger partial charge in [-0.1, -0.05) is 20.3 Å². The molecule has 4 fully saturated rings. The molecule has 0 aromatic carbocycles. The van der Waals surface area contributed by atoms with Gasteiger partial charge in [0.05, 0.1) is 42.7 Å². The molecule has 4 saturated heterocycles. The summed E-state index contributed by atoms with van der Waals surface area (Å²) < 4.78 is 55.9. The number of alkyl carbamates (subject to hydrolysis) is 1. The third kappa shape index (κ3) is 22.3. The second-order valence-corrected chi connectivity index (χ2v) is 27.2. The van der Waals surface area contributed by atoms with Crippen LogP contribution in [0.25, 0.3) is 0 Å². The molecule has 4 rings (SSSR count). The summed E-state index contributed by atoms with van der Waals surface area (Å²) in [6.45, 7) is 40.9. The minimum atomic E-state index is -0.975. The highest BCUT2D eigenvalue weighted by Crippen LogP contribution is 2.41. The number of nitrogens with one attached hydrogen (secondary N) is 2. The average molecular weight is 1160 g/mol. The lowest BCUT2D eigenvalue weighted by atomic mass is 9.79. The number of methoxy groups -OCH3 is 2. The van der Waals surface area contributed by atoms with E-state index < -0.39 is 101 Å². The molecule has 81 heavy (non-hydrogen) atoms. The maximum absolute atomic E-state index is 13.5. The molecule has 0 aromatic heterocycles. The zero-order chi connectivity index (χ0) is 62.1. The number of esters is 3. The molecule has 1 unspecified atom stereocenters. The molecule has 0 aromatic rings. The number of nitrogens with zero attached hydrogens (tertiary/aromatic N) is 3. The maximum Gasteiger partial charge on any atom is 0.457 e. The highest BCUT2D eigenvalue weighted by atomic mass is 16.7. The highest BCUT2D eigenvalue weighted by Gasteiger charge is 2.55. The van der Waals surface area contributed by atoms with Gasteiger partial charge in [0.25, 0.3) is 0 Å². The molecular weight excluding hydrogens is 1050 g/mol. The number of hydrogen-bond donors (Lipinski definition) is 2. The molecule has 7 atom stereocenters. The number of amides is 4. The molecule has 2 N–H and O–H groups in total. The summed E-state index contributed by atoms with van der Waals surface area (Å²) in [6, 6.07) is -3.16. The number of hydrogen-bond acceptors (Lipinski definition) is 18. The minimum Gasteiger partial charge on any atom is -0.467 e. The van der Waals surface area contributed by atoms with E-state index in [2.05, 4.69) is 10.6 Å². The SMILES string of the molecule is C.CC(=O)OC(C)(C)C.CN[C@H]1CN(C(=O)OC(C)(C)C)C(C(=O)OC)[C@@H]1CCCB1OC(C)(C)C(C)(C)O1.COC(=O)[C@@H]1[C@H](CCCB2OC(C)(C)C(C)(C)O2)[C@@H](N(C)C(=O)[C@H](C)NC(=O)OC(C)(C)C)CN1C(=O)OC(C)(C)C. The molecule has 22 nitrogen and oxygen atoms in total. The third-order valence-electron chi connectivity index (χ3n) is 14.7. The molecule has 0 aliphatic carbocycles. The first kappa shape index (κ1) is 74.6. The fraction of sp³-hybridized carbons (Fsp3) is 0.877. The number of likely N-dealkylation sites (tertiary alicyclic amines) is 2. The van der Waals surface area contributed by atoms with E-state index in [9.17, 15) is 33.6 Å². The fourth-order valence-corrected chi connectivity index (χ4v) is 9.74. The molecule has 4 aliphatic heterocycles. The summed E-state index contributed by atoms with van der Waals surface area (Å²) in [5.41, 5.74) is -4.16. The maximum atomic E-state index is 13.5. The zero-order valence-corrected chi connectivity index (χ0v) is 53.6. The molecule has 0 saturated carbocycles. The molecule has 4 heterocycles. The van der Waals surface area contributed by atoms with Crippen LogP contribution in [0.15, 0.2) is 0 Å². The van der Waals surface area contributed by atoms with Crippen molar-refractivity contribution < 1.29 is 80.6 Å². The van der Waals surface area contributed by atoms with Gasteiger partial charge in [0.1, 0.15) is 40.5 Å². The molecule has 468 valence electrons. The number of likely N-dealkylation sites (N-methyl/N-ethyl adjacent to an activating group) is 2. The van der Waals surface area contributed by atoms with Crippen molar-refractivity contribution in [3.63, 3.8) is 0 Å². The first-order chi connectivity index (χ1) is 36.1. The Balaban J connectivity index is 0.000000732. The van der Waals surface area contributed by atoms with Crippen molar-refractivity contribution in [2.24, 2.45) is 11.8 Å². The monoisotopic (exact) mass is 1160 g/mol.